The van der Waals surface area contributed by atoms with Crippen molar-refractivity contribution >= 4 is 15.9 Å². The monoisotopic (exact) mass is 201 g/mol. The van der Waals surface area contributed by atoms with E-state index in [0.717, 1.165) is 6.20 Å². The third-order valence-electron chi connectivity index (χ3n) is 0.889. The van der Waals surface area contributed by atoms with Gasteiger partial charge < -0.3 is 15.5 Å². The van der Waals surface area contributed by atoms with E-state index in [4.69, 9.17) is 15.5 Å². The van der Waals surface area contributed by atoms with Gasteiger partial charge in [-0.1, -0.05) is 0 Å². The normalized spacial score (nSPS) is 20.8. The fourth-order valence-electron chi connectivity index (χ4n) is 0.272. The lowest BCUT2D eigenvalue weighted by Gasteiger charge is -2.08. The van der Waals surface area contributed by atoms with Crippen molar-refractivity contribution in [2.45, 2.75) is 6.92 Å². The first kappa shape index (κ1) is 10.9. The quantitative estimate of drug-likeness (QED) is 0.569. The van der Waals surface area contributed by atoms with Gasteiger partial charge in [0.2, 0.25) is 0 Å². The van der Waals surface area contributed by atoms with Gasteiger partial charge in [-0.15, -0.1) is 0 Å². The van der Waals surface area contributed by atoms with E-state index in [1.807, 2.05) is 0 Å². The second-order valence-electron chi connectivity index (χ2n) is 1.69. The molecule has 8 heteroatoms. The lowest BCUT2D eigenvalue weighted by Crippen LogP contribution is -1.88. The van der Waals surface area contributed by atoms with Crippen LogP contribution in [0.3, 0.4) is 0 Å². The van der Waals surface area contributed by atoms with Crippen molar-refractivity contribution in [2.24, 2.45) is 5.73 Å². The molecule has 0 aromatic rings. The molecule has 0 rings (SSSR count). The van der Waals surface area contributed by atoms with Gasteiger partial charge in [0.15, 0.2) is 0 Å². The van der Waals surface area contributed by atoms with Gasteiger partial charge in [-0.05, 0) is 6.92 Å². The Morgan fingerprint density at radius 3 is 2.55 bits per heavy atom. The van der Waals surface area contributed by atoms with E-state index in [1.54, 1.807) is 0 Å². The van der Waals surface area contributed by atoms with E-state index in [2.05, 4.69) is 4.31 Å². The summed E-state index contributed by atoms with van der Waals surface area (Å²) in [5.41, 5.74) is 4.89. The van der Waals surface area contributed by atoms with Crippen molar-refractivity contribution < 1.29 is 23.2 Å². The Morgan fingerprint density at radius 2 is 2.27 bits per heavy atom. The topological polar surface area (TPSA) is 110 Å². The zero-order valence-corrected chi connectivity index (χ0v) is 7.62. The van der Waals surface area contributed by atoms with Crippen molar-refractivity contribution in [1.82, 2.24) is 0 Å². The fourth-order valence-corrected chi connectivity index (χ4v) is 1.88. The predicted octanol–water partition coefficient (Wildman–Crippen LogP) is 0.390. The smallest absolute Gasteiger partial charge is 0.362 e. The minimum atomic E-state index is -4.12. The number of rotatable bonds is 3. The van der Waals surface area contributed by atoms with Crippen LogP contribution in [-0.4, -0.2) is 9.79 Å². The summed E-state index contributed by atoms with van der Waals surface area (Å²) in [7, 11) is -7.53. The van der Waals surface area contributed by atoms with Gasteiger partial charge >= 0.3 is 15.9 Å². The van der Waals surface area contributed by atoms with E-state index >= 15 is 0 Å². The first-order chi connectivity index (χ1) is 4.90. The molecule has 0 heterocycles. The van der Waals surface area contributed by atoms with Crippen LogP contribution in [0, 0.1) is 0 Å². The minimum absolute atomic E-state index is 0.162. The molecule has 0 radical (unpaired) electrons. The summed E-state index contributed by atoms with van der Waals surface area (Å²) in [4.78, 5) is 17.0. The van der Waals surface area contributed by atoms with Crippen LogP contribution in [-0.2, 0) is 13.4 Å². The molecule has 0 aromatic heterocycles. The van der Waals surface area contributed by atoms with Crippen LogP contribution in [0.5, 0.6) is 0 Å². The second-order valence-corrected chi connectivity index (χ2v) is 4.69. The Labute approximate surface area is 64.2 Å². The van der Waals surface area contributed by atoms with Crippen LogP contribution in [0.2, 0.25) is 0 Å². The van der Waals surface area contributed by atoms with E-state index < -0.39 is 15.9 Å². The second kappa shape index (κ2) is 4.04. The SMILES string of the molecule is CC(=CN)P(=O)(O)O[PH](=O)O. The van der Waals surface area contributed by atoms with Crippen LogP contribution in [0.15, 0.2) is 11.5 Å². The van der Waals surface area contributed by atoms with Crippen LogP contribution in [0.25, 0.3) is 0 Å². The van der Waals surface area contributed by atoms with Gasteiger partial charge in [-0.25, -0.2) is 4.31 Å². The molecular formula is C3H9NO5P2. The zero-order valence-electron chi connectivity index (χ0n) is 5.72. The number of hydrogen-bond donors (Lipinski definition) is 3. The van der Waals surface area contributed by atoms with E-state index in [1.165, 1.54) is 6.92 Å². The van der Waals surface area contributed by atoms with E-state index in [-0.39, 0.29) is 5.31 Å². The third-order valence-corrected chi connectivity index (χ3v) is 3.54. The molecular weight excluding hydrogens is 192 g/mol. The highest BCUT2D eigenvalue weighted by Crippen LogP contribution is 2.55. The minimum Gasteiger partial charge on any atom is -0.404 e. The van der Waals surface area contributed by atoms with Crippen molar-refractivity contribution in [3.63, 3.8) is 0 Å². The molecule has 0 aliphatic rings. The zero-order chi connectivity index (χ0) is 9.07. The fraction of sp³-hybridized carbons (Fsp3) is 0.333. The summed E-state index contributed by atoms with van der Waals surface area (Å²) in [5.74, 6) is 0. The molecule has 66 valence electrons. The molecule has 2 unspecified atom stereocenters. The summed E-state index contributed by atoms with van der Waals surface area (Å²) < 4.78 is 24.7. The van der Waals surface area contributed by atoms with E-state index in [0.29, 0.717) is 0 Å². The average molecular weight is 201 g/mol. The summed E-state index contributed by atoms with van der Waals surface area (Å²) in [6.07, 6.45) is 0.853. The maximum Gasteiger partial charge on any atom is 0.362 e. The van der Waals surface area contributed by atoms with Gasteiger partial charge in [0.25, 0.3) is 0 Å². The Bertz CT molecular complexity index is 236. The molecule has 0 saturated carbocycles. The predicted molar refractivity (Wildman–Crippen MR) is 40.1 cm³/mol. The highest BCUT2D eigenvalue weighted by Gasteiger charge is 2.23. The van der Waals surface area contributed by atoms with Crippen molar-refractivity contribution in [3.05, 3.63) is 11.5 Å². The highest BCUT2D eigenvalue weighted by atomic mass is 31.2. The summed E-state index contributed by atoms with van der Waals surface area (Å²) in [6, 6.07) is 0. The summed E-state index contributed by atoms with van der Waals surface area (Å²) >= 11 is 0. The lowest BCUT2D eigenvalue weighted by molar-refractivity contribution is 0.356. The number of allylic oxidation sites excluding steroid dienone is 1. The molecule has 0 aromatic carbocycles. The van der Waals surface area contributed by atoms with Crippen molar-refractivity contribution in [2.75, 3.05) is 0 Å². The molecule has 0 bridgehead atoms. The molecule has 0 amide bonds. The van der Waals surface area contributed by atoms with Gasteiger partial charge in [-0.2, -0.15) is 0 Å². The first-order valence-electron chi connectivity index (χ1n) is 2.54. The van der Waals surface area contributed by atoms with Gasteiger partial charge in [0, 0.05) is 6.20 Å². The largest absolute Gasteiger partial charge is 0.404 e. The Kier molecular flexibility index (Phi) is 4.00. The number of hydrogen-bond acceptors (Lipinski definition) is 4. The molecule has 0 saturated heterocycles. The van der Waals surface area contributed by atoms with Gasteiger partial charge in [0.05, 0.1) is 5.31 Å². The maximum atomic E-state index is 10.8. The highest BCUT2D eigenvalue weighted by molar-refractivity contribution is 7.63. The van der Waals surface area contributed by atoms with Crippen LogP contribution < -0.4 is 5.73 Å². The molecule has 11 heavy (non-hydrogen) atoms. The van der Waals surface area contributed by atoms with Crippen LogP contribution in [0.4, 0.5) is 0 Å². The lowest BCUT2D eigenvalue weighted by atomic mass is 10.7. The summed E-state index contributed by atoms with van der Waals surface area (Å²) in [5, 5.41) is -0.162. The van der Waals surface area contributed by atoms with Crippen LogP contribution >= 0.6 is 15.9 Å². The van der Waals surface area contributed by atoms with Crippen molar-refractivity contribution in [3.8, 4) is 0 Å². The van der Waals surface area contributed by atoms with Gasteiger partial charge in [0.1, 0.15) is 0 Å². The van der Waals surface area contributed by atoms with E-state index in [9.17, 15) is 9.13 Å². The number of nitrogens with two attached hydrogens (primary N) is 1. The van der Waals surface area contributed by atoms with Gasteiger partial charge in [-0.3, -0.25) is 9.13 Å². The molecule has 6 nitrogen and oxygen atoms in total. The average Bonchev–Trinajstić information content (AvgIpc) is 1.83. The third kappa shape index (κ3) is 3.70. The van der Waals surface area contributed by atoms with Crippen molar-refractivity contribution in [1.29, 1.82) is 0 Å². The maximum absolute atomic E-state index is 10.8. The Hall–Kier alpha value is -0.120. The standard InChI is InChI=1S/C3H9NO5P2/c1-3(2-4)11(7,8)9-10(5)6/h2,10H,4H2,1H3,(H,5,6)(H,7,8). The molecule has 0 spiro atoms. The Balaban J connectivity index is 4.48. The molecule has 0 aliphatic carbocycles. The van der Waals surface area contributed by atoms with Crippen LogP contribution in [0.1, 0.15) is 6.92 Å². The summed E-state index contributed by atoms with van der Waals surface area (Å²) in [6.45, 7) is 1.23. The molecule has 4 N–H and O–H groups in total. The molecule has 2 atom stereocenters. The molecule has 0 aliphatic heterocycles. The first-order valence-corrected chi connectivity index (χ1v) is 5.38. The Morgan fingerprint density at radius 1 is 1.82 bits per heavy atom. The molecule has 0 fully saturated rings.